The first-order chi connectivity index (χ1) is 13.2. The van der Waals surface area contributed by atoms with Gasteiger partial charge < -0.3 is 10.2 Å². The minimum Gasteiger partial charge on any atom is -0.355 e. The number of likely N-dealkylation sites (N-methyl/N-ethyl adjacent to an activating group) is 1. The molecule has 0 saturated carbocycles. The molecule has 0 saturated heterocycles. The second kappa shape index (κ2) is 21.2. The van der Waals surface area contributed by atoms with Crippen LogP contribution in [0, 0.1) is 0 Å². The molecule has 158 valence electrons. The molecule has 0 bridgehead atoms. The van der Waals surface area contributed by atoms with Gasteiger partial charge in [0.2, 0.25) is 5.91 Å². The van der Waals surface area contributed by atoms with E-state index < -0.39 is 0 Å². The zero-order valence-electron chi connectivity index (χ0n) is 18.5. The van der Waals surface area contributed by atoms with Crippen LogP contribution in [0.4, 0.5) is 0 Å². The summed E-state index contributed by atoms with van der Waals surface area (Å²) in [6.07, 6.45) is 23.4. The van der Waals surface area contributed by atoms with E-state index in [-0.39, 0.29) is 5.91 Å². The molecule has 0 radical (unpaired) electrons. The average molecular weight is 379 g/mol. The lowest BCUT2D eigenvalue weighted by atomic mass is 10.1. The fourth-order valence-corrected chi connectivity index (χ4v) is 3.08. The van der Waals surface area contributed by atoms with Crippen LogP contribution in [-0.4, -0.2) is 37.0 Å². The SMILES string of the molecule is CCCCC/C=C\C/C=C\CCCCCCCC(=O)NCCN(CC)CC. The van der Waals surface area contributed by atoms with Gasteiger partial charge in [0, 0.05) is 19.5 Å². The van der Waals surface area contributed by atoms with Crippen LogP contribution in [0.5, 0.6) is 0 Å². The van der Waals surface area contributed by atoms with E-state index in [1.807, 2.05) is 0 Å². The van der Waals surface area contributed by atoms with Crippen LogP contribution < -0.4 is 5.32 Å². The standard InChI is InChI=1S/C24H46N2O/c1-4-7-8-9-10-11-12-13-14-15-16-17-18-19-20-21-24(27)25-22-23-26(5-2)6-3/h10-11,13-14H,4-9,12,15-23H2,1-3H3,(H,25,27)/b11-10-,14-13-. The van der Waals surface area contributed by atoms with Gasteiger partial charge in [-0.15, -0.1) is 0 Å². The summed E-state index contributed by atoms with van der Waals surface area (Å²) in [4.78, 5) is 14.1. The zero-order chi connectivity index (χ0) is 20.0. The maximum absolute atomic E-state index is 11.8. The topological polar surface area (TPSA) is 32.3 Å². The second-order valence-corrected chi connectivity index (χ2v) is 7.36. The van der Waals surface area contributed by atoms with Crippen LogP contribution in [0.25, 0.3) is 0 Å². The Balaban J connectivity index is 3.34. The molecule has 0 heterocycles. The highest BCUT2D eigenvalue weighted by atomic mass is 16.1. The van der Waals surface area contributed by atoms with Crippen LogP contribution in [0.15, 0.2) is 24.3 Å². The van der Waals surface area contributed by atoms with Gasteiger partial charge in [0.25, 0.3) is 0 Å². The molecule has 1 N–H and O–H groups in total. The Hall–Kier alpha value is -1.09. The number of hydrogen-bond acceptors (Lipinski definition) is 2. The zero-order valence-corrected chi connectivity index (χ0v) is 18.5. The number of unbranched alkanes of at least 4 members (excludes halogenated alkanes) is 8. The van der Waals surface area contributed by atoms with E-state index in [2.05, 4.69) is 55.3 Å². The summed E-state index contributed by atoms with van der Waals surface area (Å²) in [5, 5.41) is 3.04. The largest absolute Gasteiger partial charge is 0.355 e. The van der Waals surface area contributed by atoms with E-state index in [0.717, 1.165) is 39.0 Å². The van der Waals surface area contributed by atoms with E-state index in [0.29, 0.717) is 6.42 Å². The number of allylic oxidation sites excluding steroid dienone is 4. The number of hydrogen-bond donors (Lipinski definition) is 1. The molecule has 0 aromatic heterocycles. The maximum Gasteiger partial charge on any atom is 0.220 e. The predicted molar refractivity (Wildman–Crippen MR) is 120 cm³/mol. The summed E-state index contributed by atoms with van der Waals surface area (Å²) < 4.78 is 0. The molecular weight excluding hydrogens is 332 g/mol. The number of carbonyl (C=O) groups excluding carboxylic acids is 1. The van der Waals surface area contributed by atoms with Crippen molar-refractivity contribution in [3.63, 3.8) is 0 Å². The van der Waals surface area contributed by atoms with Crippen LogP contribution in [0.1, 0.15) is 97.8 Å². The summed E-state index contributed by atoms with van der Waals surface area (Å²) in [7, 11) is 0. The molecular formula is C24H46N2O. The van der Waals surface area contributed by atoms with Crippen molar-refractivity contribution in [2.24, 2.45) is 0 Å². The van der Waals surface area contributed by atoms with Gasteiger partial charge in [0.1, 0.15) is 0 Å². The van der Waals surface area contributed by atoms with E-state index in [1.54, 1.807) is 0 Å². The van der Waals surface area contributed by atoms with Gasteiger partial charge in [-0.1, -0.05) is 77.2 Å². The molecule has 3 heteroatoms. The van der Waals surface area contributed by atoms with Crippen molar-refractivity contribution >= 4 is 5.91 Å². The Kier molecular flexibility index (Phi) is 20.4. The summed E-state index contributed by atoms with van der Waals surface area (Å²) >= 11 is 0. The highest BCUT2D eigenvalue weighted by Crippen LogP contribution is 2.08. The Morgan fingerprint density at radius 2 is 1.37 bits per heavy atom. The summed E-state index contributed by atoms with van der Waals surface area (Å²) in [6.45, 7) is 10.4. The van der Waals surface area contributed by atoms with E-state index >= 15 is 0 Å². The van der Waals surface area contributed by atoms with E-state index in [1.165, 1.54) is 57.8 Å². The summed E-state index contributed by atoms with van der Waals surface area (Å²) in [5.41, 5.74) is 0. The fraction of sp³-hybridized carbons (Fsp3) is 0.792. The van der Waals surface area contributed by atoms with Gasteiger partial charge in [0.15, 0.2) is 0 Å². The lowest BCUT2D eigenvalue weighted by Gasteiger charge is -2.17. The molecule has 0 rings (SSSR count). The van der Waals surface area contributed by atoms with Crippen LogP contribution in [-0.2, 0) is 4.79 Å². The smallest absolute Gasteiger partial charge is 0.220 e. The molecule has 0 aromatic rings. The van der Waals surface area contributed by atoms with Crippen molar-refractivity contribution in [2.75, 3.05) is 26.2 Å². The second-order valence-electron chi connectivity index (χ2n) is 7.36. The predicted octanol–water partition coefficient (Wildman–Crippen LogP) is 6.26. The monoisotopic (exact) mass is 378 g/mol. The normalized spacial score (nSPS) is 11.9. The maximum atomic E-state index is 11.8. The first kappa shape index (κ1) is 25.9. The van der Waals surface area contributed by atoms with Crippen LogP contribution in [0.2, 0.25) is 0 Å². The third-order valence-corrected chi connectivity index (χ3v) is 5.00. The van der Waals surface area contributed by atoms with Crippen molar-refractivity contribution in [2.45, 2.75) is 97.8 Å². The first-order valence-corrected chi connectivity index (χ1v) is 11.5. The van der Waals surface area contributed by atoms with Gasteiger partial charge in [-0.25, -0.2) is 0 Å². The quantitative estimate of drug-likeness (QED) is 0.212. The lowest BCUT2D eigenvalue weighted by Crippen LogP contribution is -2.34. The molecule has 0 unspecified atom stereocenters. The van der Waals surface area contributed by atoms with Crippen LogP contribution >= 0.6 is 0 Å². The highest BCUT2D eigenvalue weighted by molar-refractivity contribution is 5.75. The minimum atomic E-state index is 0.216. The van der Waals surface area contributed by atoms with Gasteiger partial charge in [0.05, 0.1) is 0 Å². The van der Waals surface area contributed by atoms with E-state index in [9.17, 15) is 4.79 Å². The number of nitrogens with one attached hydrogen (secondary N) is 1. The van der Waals surface area contributed by atoms with Crippen molar-refractivity contribution < 1.29 is 4.79 Å². The Morgan fingerprint density at radius 1 is 0.778 bits per heavy atom. The van der Waals surface area contributed by atoms with Crippen molar-refractivity contribution in [3.05, 3.63) is 24.3 Å². The Morgan fingerprint density at radius 3 is 2.00 bits per heavy atom. The van der Waals surface area contributed by atoms with Crippen molar-refractivity contribution in [1.29, 1.82) is 0 Å². The van der Waals surface area contributed by atoms with Crippen molar-refractivity contribution in [1.82, 2.24) is 10.2 Å². The molecule has 0 aliphatic heterocycles. The lowest BCUT2D eigenvalue weighted by molar-refractivity contribution is -0.121. The fourth-order valence-electron chi connectivity index (χ4n) is 3.08. The first-order valence-electron chi connectivity index (χ1n) is 11.5. The highest BCUT2D eigenvalue weighted by Gasteiger charge is 2.02. The van der Waals surface area contributed by atoms with E-state index in [4.69, 9.17) is 0 Å². The molecule has 0 atom stereocenters. The Bertz CT molecular complexity index is 373. The molecule has 3 nitrogen and oxygen atoms in total. The van der Waals surface area contributed by atoms with Gasteiger partial charge in [-0.3, -0.25) is 4.79 Å². The summed E-state index contributed by atoms with van der Waals surface area (Å²) in [5.74, 6) is 0.216. The number of amides is 1. The molecule has 1 amide bonds. The number of carbonyl (C=O) groups is 1. The molecule has 0 fully saturated rings. The molecule has 0 aliphatic rings. The average Bonchev–Trinajstić information content (AvgIpc) is 2.68. The summed E-state index contributed by atoms with van der Waals surface area (Å²) in [6, 6.07) is 0. The number of rotatable bonds is 19. The van der Waals surface area contributed by atoms with Gasteiger partial charge >= 0.3 is 0 Å². The Labute approximate surface area is 169 Å². The molecule has 27 heavy (non-hydrogen) atoms. The molecule has 0 aromatic carbocycles. The van der Waals surface area contributed by atoms with Crippen LogP contribution in [0.3, 0.4) is 0 Å². The molecule has 0 aliphatic carbocycles. The molecule has 0 spiro atoms. The third-order valence-electron chi connectivity index (χ3n) is 5.00. The number of nitrogens with zero attached hydrogens (tertiary/aromatic N) is 1. The third kappa shape index (κ3) is 19.5. The minimum absolute atomic E-state index is 0.216. The van der Waals surface area contributed by atoms with Gasteiger partial charge in [-0.05, 0) is 51.6 Å². The van der Waals surface area contributed by atoms with Crippen molar-refractivity contribution in [3.8, 4) is 0 Å². The van der Waals surface area contributed by atoms with Gasteiger partial charge in [-0.2, -0.15) is 0 Å².